The van der Waals surface area contributed by atoms with Gasteiger partial charge in [0.05, 0.1) is 12.8 Å². The summed E-state index contributed by atoms with van der Waals surface area (Å²) in [4.78, 5) is 2.58. The second-order valence-corrected chi connectivity index (χ2v) is 7.18. The largest absolute Gasteiger partial charge is 0.495 e. The van der Waals surface area contributed by atoms with Crippen LogP contribution in [0.4, 0.5) is 5.69 Å². The van der Waals surface area contributed by atoms with Crippen LogP contribution in [0.2, 0.25) is 0 Å². The fourth-order valence-corrected chi connectivity index (χ4v) is 3.70. The molecule has 0 amide bonds. The summed E-state index contributed by atoms with van der Waals surface area (Å²) in [5.74, 6) is 2.44. The summed E-state index contributed by atoms with van der Waals surface area (Å²) in [5, 5.41) is 3.84. The van der Waals surface area contributed by atoms with Crippen molar-refractivity contribution in [3.63, 3.8) is 0 Å². The molecule has 3 heteroatoms. The van der Waals surface area contributed by atoms with Gasteiger partial charge in [0.25, 0.3) is 0 Å². The predicted octanol–water partition coefficient (Wildman–Crippen LogP) is 3.30. The third-order valence-electron chi connectivity index (χ3n) is 5.26. The molecule has 2 unspecified atom stereocenters. The molecule has 1 aromatic rings. The lowest BCUT2D eigenvalue weighted by atomic mass is 9.87. The average molecular weight is 288 g/mol. The number of anilines is 1. The highest BCUT2D eigenvalue weighted by Crippen LogP contribution is 2.43. The molecule has 1 aliphatic heterocycles. The second kappa shape index (κ2) is 5.53. The van der Waals surface area contributed by atoms with Crippen molar-refractivity contribution in [2.75, 3.05) is 25.1 Å². The van der Waals surface area contributed by atoms with Crippen LogP contribution in [0.3, 0.4) is 0 Å². The Morgan fingerprint density at radius 2 is 2.00 bits per heavy atom. The summed E-state index contributed by atoms with van der Waals surface area (Å²) in [6.07, 6.45) is 2.74. The number of ether oxygens (including phenoxy) is 1. The number of methoxy groups -OCH3 is 1. The highest BCUT2D eigenvalue weighted by atomic mass is 16.5. The Balaban J connectivity index is 1.93. The Morgan fingerprint density at radius 1 is 1.29 bits per heavy atom. The van der Waals surface area contributed by atoms with Crippen LogP contribution in [-0.2, 0) is 0 Å². The number of hydrogen-bond donors (Lipinski definition) is 1. The van der Waals surface area contributed by atoms with E-state index in [0.29, 0.717) is 12.0 Å². The molecule has 2 fully saturated rings. The van der Waals surface area contributed by atoms with E-state index >= 15 is 0 Å². The molecular formula is C18H28N2O. The van der Waals surface area contributed by atoms with Crippen LogP contribution in [0, 0.1) is 11.8 Å². The number of hydrogen-bond acceptors (Lipinski definition) is 3. The zero-order valence-corrected chi connectivity index (χ0v) is 13.7. The van der Waals surface area contributed by atoms with E-state index in [4.69, 9.17) is 4.74 Å². The molecule has 116 valence electrons. The van der Waals surface area contributed by atoms with Gasteiger partial charge in [0, 0.05) is 24.7 Å². The van der Waals surface area contributed by atoms with Gasteiger partial charge in [0.1, 0.15) is 5.75 Å². The van der Waals surface area contributed by atoms with E-state index in [1.165, 1.54) is 18.5 Å². The summed E-state index contributed by atoms with van der Waals surface area (Å²) in [6, 6.07) is 8.96. The lowest BCUT2D eigenvalue weighted by Crippen LogP contribution is -2.65. The molecule has 1 aliphatic carbocycles. The molecule has 21 heavy (non-hydrogen) atoms. The number of nitrogens with zero attached hydrogens (tertiary/aromatic N) is 1. The monoisotopic (exact) mass is 288 g/mol. The Morgan fingerprint density at radius 3 is 2.62 bits per heavy atom. The molecule has 0 spiro atoms. The van der Waals surface area contributed by atoms with E-state index in [1.54, 1.807) is 7.11 Å². The summed E-state index contributed by atoms with van der Waals surface area (Å²) in [6.45, 7) is 9.15. The first-order valence-corrected chi connectivity index (χ1v) is 8.20. The summed E-state index contributed by atoms with van der Waals surface area (Å²) in [7, 11) is 1.77. The van der Waals surface area contributed by atoms with E-state index in [0.717, 1.165) is 24.8 Å². The van der Waals surface area contributed by atoms with Gasteiger partial charge in [-0.15, -0.1) is 0 Å². The molecule has 1 saturated carbocycles. The molecule has 1 saturated heterocycles. The molecule has 0 radical (unpaired) electrons. The molecular weight excluding hydrogens is 260 g/mol. The summed E-state index contributed by atoms with van der Waals surface area (Å²) in [5.41, 5.74) is 1.48. The van der Waals surface area contributed by atoms with Crippen molar-refractivity contribution < 1.29 is 4.74 Å². The van der Waals surface area contributed by atoms with Gasteiger partial charge < -0.3 is 15.0 Å². The third-order valence-corrected chi connectivity index (χ3v) is 5.26. The van der Waals surface area contributed by atoms with Crippen molar-refractivity contribution in [2.24, 2.45) is 11.8 Å². The van der Waals surface area contributed by atoms with Gasteiger partial charge in [-0.1, -0.05) is 26.0 Å². The van der Waals surface area contributed by atoms with Crippen LogP contribution >= 0.6 is 0 Å². The number of benzene rings is 1. The first kappa shape index (κ1) is 14.7. The zero-order chi connectivity index (χ0) is 15.0. The second-order valence-electron chi connectivity index (χ2n) is 7.18. The molecule has 2 aliphatic rings. The van der Waals surface area contributed by atoms with Gasteiger partial charge >= 0.3 is 0 Å². The topological polar surface area (TPSA) is 24.5 Å². The number of rotatable bonds is 4. The quantitative estimate of drug-likeness (QED) is 0.920. The van der Waals surface area contributed by atoms with Crippen LogP contribution in [0.1, 0.15) is 33.6 Å². The van der Waals surface area contributed by atoms with Crippen molar-refractivity contribution in [2.45, 2.75) is 45.2 Å². The standard InChI is InChI=1S/C18H28N2O/c1-13(2)16-11-19-18(3,14-9-10-14)12-20(16)15-7-5-6-8-17(15)21-4/h5-8,13-14,16,19H,9-12H2,1-4H3. The highest BCUT2D eigenvalue weighted by Gasteiger charge is 2.46. The lowest BCUT2D eigenvalue weighted by molar-refractivity contribution is 0.232. The average Bonchev–Trinajstić information content (AvgIpc) is 3.32. The van der Waals surface area contributed by atoms with Crippen molar-refractivity contribution in [3.8, 4) is 5.75 Å². The van der Waals surface area contributed by atoms with Gasteiger partial charge in [-0.2, -0.15) is 0 Å². The molecule has 1 heterocycles. The van der Waals surface area contributed by atoms with Gasteiger partial charge in [-0.3, -0.25) is 0 Å². The van der Waals surface area contributed by atoms with Crippen molar-refractivity contribution in [1.82, 2.24) is 5.32 Å². The maximum absolute atomic E-state index is 5.61. The zero-order valence-electron chi connectivity index (χ0n) is 13.7. The molecule has 0 aromatic heterocycles. The smallest absolute Gasteiger partial charge is 0.142 e. The van der Waals surface area contributed by atoms with Gasteiger partial charge in [-0.05, 0) is 43.7 Å². The number of nitrogens with one attached hydrogen (secondary N) is 1. The number of para-hydroxylation sites is 2. The normalized spacial score (nSPS) is 29.8. The van der Waals surface area contributed by atoms with Crippen molar-refractivity contribution in [1.29, 1.82) is 0 Å². The van der Waals surface area contributed by atoms with E-state index in [-0.39, 0.29) is 5.54 Å². The lowest BCUT2D eigenvalue weighted by Gasteiger charge is -2.49. The Hall–Kier alpha value is -1.22. The van der Waals surface area contributed by atoms with Crippen molar-refractivity contribution >= 4 is 5.69 Å². The molecule has 2 atom stereocenters. The molecule has 3 nitrogen and oxygen atoms in total. The van der Waals surface area contributed by atoms with Crippen LogP contribution in [0.5, 0.6) is 5.75 Å². The van der Waals surface area contributed by atoms with Gasteiger partial charge in [-0.25, -0.2) is 0 Å². The molecule has 1 N–H and O–H groups in total. The summed E-state index contributed by atoms with van der Waals surface area (Å²) < 4.78 is 5.61. The first-order chi connectivity index (χ1) is 10.0. The minimum Gasteiger partial charge on any atom is -0.495 e. The first-order valence-electron chi connectivity index (χ1n) is 8.20. The number of piperazine rings is 1. The fourth-order valence-electron chi connectivity index (χ4n) is 3.70. The van der Waals surface area contributed by atoms with Crippen molar-refractivity contribution in [3.05, 3.63) is 24.3 Å². The minimum absolute atomic E-state index is 0.242. The Labute approximate surface area is 128 Å². The van der Waals surface area contributed by atoms with E-state index in [2.05, 4.69) is 55.3 Å². The van der Waals surface area contributed by atoms with Crippen LogP contribution in [0.15, 0.2) is 24.3 Å². The SMILES string of the molecule is COc1ccccc1N1CC(C)(C2CC2)NCC1C(C)C. The van der Waals surface area contributed by atoms with Gasteiger partial charge in [0.2, 0.25) is 0 Å². The fraction of sp³-hybridized carbons (Fsp3) is 0.667. The molecule has 1 aromatic carbocycles. The molecule has 3 rings (SSSR count). The maximum Gasteiger partial charge on any atom is 0.142 e. The third kappa shape index (κ3) is 2.76. The van der Waals surface area contributed by atoms with E-state index in [9.17, 15) is 0 Å². The van der Waals surface area contributed by atoms with E-state index in [1.807, 2.05) is 0 Å². The van der Waals surface area contributed by atoms with E-state index < -0.39 is 0 Å². The van der Waals surface area contributed by atoms with Crippen LogP contribution < -0.4 is 15.0 Å². The van der Waals surface area contributed by atoms with Crippen LogP contribution in [0.25, 0.3) is 0 Å². The predicted molar refractivity (Wildman–Crippen MR) is 88.1 cm³/mol. The Bertz CT molecular complexity index is 498. The maximum atomic E-state index is 5.61. The molecule has 0 bridgehead atoms. The van der Waals surface area contributed by atoms with Crippen LogP contribution in [-0.4, -0.2) is 31.8 Å². The summed E-state index contributed by atoms with van der Waals surface area (Å²) >= 11 is 0. The Kier molecular flexibility index (Phi) is 3.87. The minimum atomic E-state index is 0.242. The highest BCUT2D eigenvalue weighted by molar-refractivity contribution is 5.60. The van der Waals surface area contributed by atoms with Gasteiger partial charge in [0.15, 0.2) is 0 Å².